The fourth-order valence-electron chi connectivity index (χ4n) is 3.43. The molecule has 5 N–H and O–H groups in total. The van der Waals surface area contributed by atoms with Crippen LogP contribution in [0.4, 0.5) is 17.3 Å². The van der Waals surface area contributed by atoms with E-state index in [1.807, 2.05) is 26.5 Å². The largest absolute Gasteiger partial charge is 0.477 e. The van der Waals surface area contributed by atoms with Gasteiger partial charge in [0.1, 0.15) is 12.4 Å². The molecule has 0 aliphatic carbocycles. The Balaban J connectivity index is 1.99. The van der Waals surface area contributed by atoms with Crippen molar-refractivity contribution in [3.05, 3.63) is 42.1 Å². The number of imidazole rings is 1. The molecule has 0 radical (unpaired) electrons. The molecule has 1 unspecified atom stereocenters. The number of hydrogen-bond donors (Lipinski definition) is 3. The van der Waals surface area contributed by atoms with Crippen LogP contribution in [-0.2, 0) is 14.1 Å². The van der Waals surface area contributed by atoms with E-state index in [1.165, 1.54) is 12.1 Å². The number of aromatic nitrogens is 2. The summed E-state index contributed by atoms with van der Waals surface area (Å²) in [6.07, 6.45) is 8.61. The second-order valence-electron chi connectivity index (χ2n) is 7.20. The maximum absolute atomic E-state index is 5.57. The molecule has 156 valence electrons. The number of unbranched alkanes of at least 4 members (excludes halogenated alkanes) is 2. The first-order valence-corrected chi connectivity index (χ1v) is 10.5. The van der Waals surface area contributed by atoms with Gasteiger partial charge in [-0.2, -0.15) is 9.13 Å². The summed E-state index contributed by atoms with van der Waals surface area (Å²) in [4.78, 5) is 5.17. The lowest BCUT2D eigenvalue weighted by Gasteiger charge is -2.28. The highest BCUT2D eigenvalue weighted by Gasteiger charge is 2.17. The van der Waals surface area contributed by atoms with Gasteiger partial charge in [0, 0.05) is 25.3 Å². The fourth-order valence-corrected chi connectivity index (χ4v) is 3.56. The van der Waals surface area contributed by atoms with E-state index in [2.05, 4.69) is 55.9 Å². The number of nitrogens with one attached hydrogen (secondary N) is 2. The van der Waals surface area contributed by atoms with Crippen LogP contribution in [0.2, 0.25) is 0 Å². The molecule has 2 rings (SSSR count). The Morgan fingerprint density at radius 2 is 1.86 bits per heavy atom. The standard InChI is InChI=1S/C20H35ClN7/c1-25-16-17-26(2)20(25)27(3)24-18-8-10-19(11-9-18)28(14-6-4-12-22)15-7-5-13-23-21/h8-11,16-17,23,27H,4-7,12-15,22H2,1-3H3/q+1/p+1. The average Bonchev–Trinajstić information content (AvgIpc) is 3.03. The monoisotopic (exact) mass is 409 g/mol. The molecule has 0 spiro atoms. The number of quaternary nitrogens is 2. The second-order valence-corrected chi connectivity index (χ2v) is 7.46. The van der Waals surface area contributed by atoms with Crippen molar-refractivity contribution in [3.8, 4) is 0 Å². The highest BCUT2D eigenvalue weighted by molar-refractivity contribution is 6.13. The maximum Gasteiger partial charge on any atom is 0.448 e. The first kappa shape index (κ1) is 22.5. The van der Waals surface area contributed by atoms with E-state index < -0.39 is 0 Å². The Hall–Kier alpha value is -1.80. The van der Waals surface area contributed by atoms with Crippen LogP contribution >= 0.6 is 11.8 Å². The summed E-state index contributed by atoms with van der Waals surface area (Å²) < 4.78 is 4.18. The molecule has 0 aliphatic rings. The third-order valence-electron chi connectivity index (χ3n) is 4.89. The summed E-state index contributed by atoms with van der Waals surface area (Å²) in [6.45, 7) is 3.94. The molecule has 28 heavy (non-hydrogen) atoms. The van der Waals surface area contributed by atoms with E-state index >= 15 is 0 Å². The molecule has 0 amide bonds. The Morgan fingerprint density at radius 3 is 2.43 bits per heavy atom. The number of halogens is 1. The van der Waals surface area contributed by atoms with Gasteiger partial charge < -0.3 is 16.1 Å². The number of anilines is 1. The average molecular weight is 410 g/mol. The minimum absolute atomic E-state index is 0.845. The zero-order chi connectivity index (χ0) is 20.4. The molecule has 7 nitrogen and oxygen atoms in total. The van der Waals surface area contributed by atoms with Gasteiger partial charge >= 0.3 is 5.95 Å². The molecule has 0 aliphatic heterocycles. The van der Waals surface area contributed by atoms with Crippen LogP contribution in [0.15, 0.2) is 36.7 Å². The molecule has 2 aromatic rings. The molecule has 1 aromatic carbocycles. The van der Waals surface area contributed by atoms with Gasteiger partial charge in [0.25, 0.3) is 0 Å². The predicted molar refractivity (Wildman–Crippen MR) is 115 cm³/mol. The lowest BCUT2D eigenvalue weighted by Crippen LogP contribution is -3.01. The van der Waals surface area contributed by atoms with Gasteiger partial charge in [-0.25, -0.2) is 4.84 Å². The smallest absolute Gasteiger partial charge is 0.448 e. The number of nitrogens with zero attached hydrogens (tertiary/aromatic N) is 4. The Morgan fingerprint density at radius 1 is 1.18 bits per heavy atom. The maximum atomic E-state index is 5.57. The molecular formula is C20H36ClN7+2. The van der Waals surface area contributed by atoms with Crippen molar-refractivity contribution >= 4 is 29.1 Å². The van der Waals surface area contributed by atoms with Crippen molar-refractivity contribution in [2.75, 3.05) is 38.1 Å². The Kier molecular flexibility index (Phi) is 9.57. The molecule has 0 bridgehead atoms. The highest BCUT2D eigenvalue weighted by atomic mass is 35.5. The van der Waals surface area contributed by atoms with Crippen LogP contribution in [0.1, 0.15) is 25.7 Å². The van der Waals surface area contributed by atoms with Crippen LogP contribution in [0.25, 0.3) is 5.43 Å². The third kappa shape index (κ3) is 6.67. The van der Waals surface area contributed by atoms with Crippen LogP contribution in [0, 0.1) is 0 Å². The summed E-state index contributed by atoms with van der Waals surface area (Å²) >= 11 is 5.57. The molecule has 0 saturated heterocycles. The van der Waals surface area contributed by atoms with Crippen molar-refractivity contribution in [2.24, 2.45) is 14.1 Å². The zero-order valence-corrected chi connectivity index (χ0v) is 18.3. The van der Waals surface area contributed by atoms with Gasteiger partial charge in [0.2, 0.25) is 0 Å². The number of aryl methyl sites for hydroxylation is 2. The van der Waals surface area contributed by atoms with Crippen molar-refractivity contribution < 1.29 is 15.3 Å². The molecule has 0 fully saturated rings. The van der Waals surface area contributed by atoms with Gasteiger partial charge in [0.05, 0.1) is 27.7 Å². The number of rotatable bonds is 13. The fraction of sp³-hybridized carbons (Fsp3) is 0.550. The van der Waals surface area contributed by atoms with Gasteiger partial charge in [-0.05, 0) is 49.6 Å². The summed E-state index contributed by atoms with van der Waals surface area (Å²) in [5, 5.41) is 1.00. The van der Waals surface area contributed by atoms with Crippen molar-refractivity contribution in [1.82, 2.24) is 9.40 Å². The van der Waals surface area contributed by atoms with E-state index in [-0.39, 0.29) is 0 Å². The minimum Gasteiger partial charge on any atom is -0.477 e. The summed E-state index contributed by atoms with van der Waals surface area (Å²) in [6, 6.07) is 8.58. The highest BCUT2D eigenvalue weighted by Crippen LogP contribution is 2.22. The van der Waals surface area contributed by atoms with Crippen LogP contribution in [0.5, 0.6) is 0 Å². The van der Waals surface area contributed by atoms with E-state index in [0.29, 0.717) is 0 Å². The molecule has 1 atom stereocenters. The number of hydrogen-bond acceptors (Lipinski definition) is 2. The number of benzene rings is 1. The van der Waals surface area contributed by atoms with Crippen LogP contribution in [-0.4, -0.2) is 37.8 Å². The van der Waals surface area contributed by atoms with E-state index in [9.17, 15) is 0 Å². The molecular weight excluding hydrogens is 374 g/mol. The lowest BCUT2D eigenvalue weighted by atomic mass is 10.2. The van der Waals surface area contributed by atoms with Gasteiger partial charge in [-0.15, -0.1) is 0 Å². The van der Waals surface area contributed by atoms with Gasteiger partial charge in [-0.1, -0.05) is 17.8 Å². The van der Waals surface area contributed by atoms with E-state index in [4.69, 9.17) is 17.2 Å². The summed E-state index contributed by atoms with van der Waals surface area (Å²) in [5.74, 6) is 1.10. The quantitative estimate of drug-likeness (QED) is 0.200. The van der Waals surface area contributed by atoms with Crippen molar-refractivity contribution in [1.29, 1.82) is 0 Å². The van der Waals surface area contributed by atoms with E-state index in [1.54, 1.807) is 0 Å². The normalized spacial score (nSPS) is 12.2. The predicted octanol–water partition coefficient (Wildman–Crippen LogP) is 0.968. The molecule has 1 heterocycles. The zero-order valence-electron chi connectivity index (χ0n) is 17.5. The lowest BCUT2D eigenvalue weighted by molar-refractivity contribution is -0.859. The van der Waals surface area contributed by atoms with Gasteiger partial charge in [0.15, 0.2) is 0 Å². The van der Waals surface area contributed by atoms with Crippen LogP contribution < -0.4 is 25.0 Å². The molecule has 0 saturated carbocycles. The first-order chi connectivity index (χ1) is 13.6. The molecule has 8 heteroatoms. The SMILES string of the molecule is Cn1cc[n+](C)c1[NH+](C)[N-]c1ccc(N(CCCC[NH3+])CCCCNCl)cc1. The minimum atomic E-state index is 0.845. The second kappa shape index (κ2) is 11.9. The van der Waals surface area contributed by atoms with Crippen molar-refractivity contribution in [3.63, 3.8) is 0 Å². The summed E-state index contributed by atoms with van der Waals surface area (Å²) in [7, 11) is 6.14. The van der Waals surface area contributed by atoms with Crippen molar-refractivity contribution in [2.45, 2.75) is 25.7 Å². The topological polar surface area (TPSA) is 70.3 Å². The van der Waals surface area contributed by atoms with Crippen LogP contribution in [0.3, 0.4) is 0 Å². The first-order valence-electron chi connectivity index (χ1n) is 10.1. The Labute approximate surface area is 174 Å². The summed E-state index contributed by atoms with van der Waals surface area (Å²) in [5.41, 5.74) is 11.0. The molecule has 1 aromatic heterocycles. The van der Waals surface area contributed by atoms with Gasteiger partial charge in [-0.3, -0.25) is 5.01 Å². The Bertz CT molecular complexity index is 667. The third-order valence-corrected chi connectivity index (χ3v) is 5.08. The van der Waals surface area contributed by atoms with E-state index in [0.717, 1.165) is 62.1 Å².